The monoisotopic (exact) mass is 315 g/mol. The molecule has 2 aliphatic heterocycles. The van der Waals surface area contributed by atoms with Gasteiger partial charge in [0.15, 0.2) is 5.82 Å². The summed E-state index contributed by atoms with van der Waals surface area (Å²) in [5, 5.41) is 3.80. The van der Waals surface area contributed by atoms with Crippen molar-refractivity contribution >= 4 is 10.0 Å². The number of fused-ring (bicyclic) bond motifs is 1. The van der Waals surface area contributed by atoms with Crippen LogP contribution in [0.1, 0.15) is 18.6 Å². The molecule has 3 heterocycles. The highest BCUT2D eigenvalue weighted by molar-refractivity contribution is 7.89. The molecule has 2 aliphatic rings. The zero-order chi connectivity index (χ0) is 15.0. The van der Waals surface area contributed by atoms with Crippen LogP contribution in [0.15, 0.2) is 4.52 Å². The van der Waals surface area contributed by atoms with E-state index in [4.69, 9.17) is 9.26 Å². The van der Waals surface area contributed by atoms with Gasteiger partial charge in [0.25, 0.3) is 0 Å². The number of rotatable bonds is 4. The number of ether oxygens (including phenoxy) is 1. The fourth-order valence-electron chi connectivity index (χ4n) is 3.33. The Bertz CT molecular complexity index is 600. The summed E-state index contributed by atoms with van der Waals surface area (Å²) >= 11 is 0. The van der Waals surface area contributed by atoms with Crippen molar-refractivity contribution in [3.8, 4) is 0 Å². The van der Waals surface area contributed by atoms with Gasteiger partial charge in [-0.2, -0.15) is 4.98 Å². The maximum Gasteiger partial charge on any atom is 0.227 e. The largest absolute Gasteiger partial charge is 0.381 e. The van der Waals surface area contributed by atoms with E-state index in [2.05, 4.69) is 10.1 Å². The van der Waals surface area contributed by atoms with Crippen LogP contribution in [0.5, 0.6) is 0 Å². The average Bonchev–Trinajstić information content (AvgIpc) is 3.06. The lowest BCUT2D eigenvalue weighted by atomic mass is 9.81. The summed E-state index contributed by atoms with van der Waals surface area (Å²) in [5.41, 5.74) is 0. The highest BCUT2D eigenvalue weighted by Crippen LogP contribution is 2.36. The molecular weight excluding hydrogens is 294 g/mol. The highest BCUT2D eigenvalue weighted by atomic mass is 32.2. The Balaban J connectivity index is 1.72. The minimum atomic E-state index is -3.12. The van der Waals surface area contributed by atoms with Crippen LogP contribution in [0.2, 0.25) is 0 Å². The van der Waals surface area contributed by atoms with Crippen molar-refractivity contribution in [1.29, 1.82) is 0 Å². The molecular formula is C13H21N3O4S. The summed E-state index contributed by atoms with van der Waals surface area (Å²) in [6.07, 6.45) is 0.655. The van der Waals surface area contributed by atoms with Gasteiger partial charge in [0.05, 0.1) is 19.0 Å². The molecule has 0 radical (unpaired) electrons. The van der Waals surface area contributed by atoms with Crippen molar-refractivity contribution in [3.05, 3.63) is 11.7 Å². The first-order chi connectivity index (χ1) is 9.99. The molecule has 2 saturated heterocycles. The third kappa shape index (κ3) is 2.97. The molecule has 3 rings (SSSR count). The molecule has 21 heavy (non-hydrogen) atoms. The van der Waals surface area contributed by atoms with Crippen LogP contribution < -0.4 is 0 Å². The quantitative estimate of drug-likeness (QED) is 0.802. The summed E-state index contributed by atoms with van der Waals surface area (Å²) < 4.78 is 36.6. The maximum atomic E-state index is 12.1. The topological polar surface area (TPSA) is 85.5 Å². The molecule has 1 aromatic rings. The maximum absolute atomic E-state index is 12.1. The van der Waals surface area contributed by atoms with Crippen molar-refractivity contribution in [2.45, 2.75) is 20.3 Å². The molecule has 0 bridgehead atoms. The Morgan fingerprint density at radius 1 is 1.33 bits per heavy atom. The van der Waals surface area contributed by atoms with Crippen LogP contribution in [0.3, 0.4) is 0 Å². The predicted molar refractivity (Wildman–Crippen MR) is 75.1 cm³/mol. The molecule has 0 N–H and O–H groups in total. The lowest BCUT2D eigenvalue weighted by Gasteiger charge is -2.32. The summed E-state index contributed by atoms with van der Waals surface area (Å²) in [4.78, 5) is 4.24. The van der Waals surface area contributed by atoms with Crippen LogP contribution in [0, 0.1) is 24.7 Å². The Morgan fingerprint density at radius 2 is 2.14 bits per heavy atom. The van der Waals surface area contributed by atoms with Gasteiger partial charge in [-0.25, -0.2) is 12.7 Å². The van der Waals surface area contributed by atoms with Crippen molar-refractivity contribution in [2.75, 3.05) is 32.1 Å². The minimum Gasteiger partial charge on any atom is -0.381 e. The first-order valence-electron chi connectivity index (χ1n) is 7.34. The van der Waals surface area contributed by atoms with Crippen LogP contribution in [0.25, 0.3) is 0 Å². The molecule has 2 fully saturated rings. The Hall–Kier alpha value is -0.990. The van der Waals surface area contributed by atoms with E-state index in [1.807, 2.05) is 0 Å². The Morgan fingerprint density at radius 3 is 2.81 bits per heavy atom. The molecule has 0 spiro atoms. The van der Waals surface area contributed by atoms with Gasteiger partial charge in [-0.3, -0.25) is 0 Å². The van der Waals surface area contributed by atoms with Gasteiger partial charge in [0, 0.05) is 25.4 Å². The fraction of sp³-hybridized carbons (Fsp3) is 0.846. The molecule has 0 aromatic carbocycles. The van der Waals surface area contributed by atoms with E-state index in [0.717, 1.165) is 0 Å². The summed E-state index contributed by atoms with van der Waals surface area (Å²) in [7, 11) is -3.12. The molecule has 0 amide bonds. The molecule has 1 aromatic heterocycles. The van der Waals surface area contributed by atoms with Crippen LogP contribution in [-0.2, 0) is 21.2 Å². The predicted octanol–water partition coefficient (Wildman–Crippen LogP) is 0.465. The minimum absolute atomic E-state index is 0.154. The van der Waals surface area contributed by atoms with E-state index in [1.54, 1.807) is 18.2 Å². The molecule has 0 saturated carbocycles. The molecule has 0 aliphatic carbocycles. The van der Waals surface area contributed by atoms with Crippen LogP contribution in [0.4, 0.5) is 0 Å². The van der Waals surface area contributed by atoms with Gasteiger partial charge in [0.1, 0.15) is 0 Å². The van der Waals surface area contributed by atoms with Crippen molar-refractivity contribution in [3.63, 3.8) is 0 Å². The van der Waals surface area contributed by atoms with E-state index in [-0.39, 0.29) is 17.6 Å². The standard InChI is InChI=1S/C13H21N3O4S/c1-3-21(17,18)16-5-11-8-19-7-10(12(11)6-16)4-13-14-9(2)15-20-13/h10-12H,3-8H2,1-2H3/t10-,11+,12-/m1/s1. The van der Waals surface area contributed by atoms with E-state index in [0.29, 0.717) is 50.4 Å². The van der Waals surface area contributed by atoms with Crippen LogP contribution in [-0.4, -0.2) is 54.9 Å². The van der Waals surface area contributed by atoms with Gasteiger partial charge in [-0.1, -0.05) is 5.16 Å². The van der Waals surface area contributed by atoms with Crippen LogP contribution >= 0.6 is 0 Å². The number of sulfonamides is 1. The SMILES string of the molecule is CCS(=O)(=O)N1C[C@H]2COC[C@@H](Cc3nc(C)no3)[C@H]2C1. The second kappa shape index (κ2) is 5.66. The van der Waals surface area contributed by atoms with E-state index in [1.165, 1.54) is 0 Å². The van der Waals surface area contributed by atoms with Gasteiger partial charge in [-0.05, 0) is 25.7 Å². The third-order valence-corrected chi connectivity index (χ3v) is 6.31. The number of hydrogen-bond acceptors (Lipinski definition) is 6. The summed E-state index contributed by atoms with van der Waals surface area (Å²) in [6, 6.07) is 0. The molecule has 7 nitrogen and oxygen atoms in total. The lowest BCUT2D eigenvalue weighted by molar-refractivity contribution is -0.0110. The highest BCUT2D eigenvalue weighted by Gasteiger charge is 2.44. The second-order valence-corrected chi connectivity index (χ2v) is 8.14. The number of hydrogen-bond donors (Lipinski definition) is 0. The third-order valence-electron chi connectivity index (χ3n) is 4.49. The van der Waals surface area contributed by atoms with E-state index in [9.17, 15) is 8.42 Å². The first kappa shape index (κ1) is 14.9. The van der Waals surface area contributed by atoms with Crippen molar-refractivity contribution in [1.82, 2.24) is 14.4 Å². The van der Waals surface area contributed by atoms with Gasteiger partial charge >= 0.3 is 0 Å². The van der Waals surface area contributed by atoms with E-state index < -0.39 is 10.0 Å². The van der Waals surface area contributed by atoms with Gasteiger partial charge in [0.2, 0.25) is 15.9 Å². The lowest BCUT2D eigenvalue weighted by Crippen LogP contribution is -2.36. The summed E-state index contributed by atoms with van der Waals surface area (Å²) in [6.45, 7) is 5.90. The molecule has 3 atom stereocenters. The first-order valence-corrected chi connectivity index (χ1v) is 8.95. The second-order valence-electron chi connectivity index (χ2n) is 5.88. The molecule has 8 heteroatoms. The normalized spacial score (nSPS) is 30.5. The fourth-order valence-corrected chi connectivity index (χ4v) is 4.51. The Kier molecular flexibility index (Phi) is 4.02. The average molecular weight is 315 g/mol. The number of aromatic nitrogens is 2. The zero-order valence-corrected chi connectivity index (χ0v) is 13.2. The summed E-state index contributed by atoms with van der Waals surface area (Å²) in [5.74, 6) is 2.21. The molecule has 0 unspecified atom stereocenters. The number of aryl methyl sites for hydroxylation is 1. The van der Waals surface area contributed by atoms with Gasteiger partial charge < -0.3 is 9.26 Å². The van der Waals surface area contributed by atoms with E-state index >= 15 is 0 Å². The van der Waals surface area contributed by atoms with Gasteiger partial charge in [-0.15, -0.1) is 0 Å². The smallest absolute Gasteiger partial charge is 0.227 e. The number of nitrogens with zero attached hydrogens (tertiary/aromatic N) is 3. The zero-order valence-electron chi connectivity index (χ0n) is 12.4. The van der Waals surface area contributed by atoms with Crippen molar-refractivity contribution < 1.29 is 17.7 Å². The Labute approximate surface area is 124 Å². The molecule has 118 valence electrons. The van der Waals surface area contributed by atoms with Crippen molar-refractivity contribution in [2.24, 2.45) is 17.8 Å².